The van der Waals surface area contributed by atoms with Gasteiger partial charge in [0.25, 0.3) is 0 Å². The molecular formula is C14H16FNS. The molecule has 0 saturated carbocycles. The molecule has 1 heterocycles. The first-order valence-electron chi connectivity index (χ1n) is 5.73. The first kappa shape index (κ1) is 12.1. The minimum Gasteiger partial charge on any atom is -0.375 e. The maximum atomic E-state index is 13.6. The summed E-state index contributed by atoms with van der Waals surface area (Å²) in [5, 5.41) is 5.33. The summed E-state index contributed by atoms with van der Waals surface area (Å²) in [4.78, 5) is 1.24. The standard InChI is InChI=1S/C14H16FNS/c1-10(2)14(13-8-5-9-17-13)16-12-7-4-3-6-11(12)15/h3-10,14,16H,1-2H3. The summed E-state index contributed by atoms with van der Waals surface area (Å²) >= 11 is 1.70. The van der Waals surface area contributed by atoms with Crippen LogP contribution >= 0.6 is 11.3 Å². The van der Waals surface area contributed by atoms with Crippen LogP contribution in [0.15, 0.2) is 41.8 Å². The van der Waals surface area contributed by atoms with Gasteiger partial charge in [0.05, 0.1) is 11.7 Å². The molecule has 1 nitrogen and oxygen atoms in total. The van der Waals surface area contributed by atoms with E-state index in [9.17, 15) is 4.39 Å². The second-order valence-corrected chi connectivity index (χ2v) is 5.34. The van der Waals surface area contributed by atoms with Crippen LogP contribution in [0.1, 0.15) is 24.8 Å². The van der Waals surface area contributed by atoms with E-state index >= 15 is 0 Å². The van der Waals surface area contributed by atoms with E-state index in [-0.39, 0.29) is 11.9 Å². The number of para-hydroxylation sites is 1. The summed E-state index contributed by atoms with van der Waals surface area (Å²) in [6.07, 6.45) is 0. The molecule has 0 bridgehead atoms. The molecule has 1 N–H and O–H groups in total. The van der Waals surface area contributed by atoms with Crippen LogP contribution in [0.4, 0.5) is 10.1 Å². The third kappa shape index (κ3) is 2.86. The van der Waals surface area contributed by atoms with Crippen molar-refractivity contribution in [3.63, 3.8) is 0 Å². The Bertz CT molecular complexity index is 465. The summed E-state index contributed by atoms with van der Waals surface area (Å²) in [7, 11) is 0. The van der Waals surface area contributed by atoms with E-state index in [4.69, 9.17) is 0 Å². The van der Waals surface area contributed by atoms with Crippen molar-refractivity contribution in [3.8, 4) is 0 Å². The molecule has 2 rings (SSSR count). The van der Waals surface area contributed by atoms with Crippen molar-refractivity contribution in [3.05, 3.63) is 52.5 Å². The highest BCUT2D eigenvalue weighted by atomic mass is 32.1. The van der Waals surface area contributed by atoms with Gasteiger partial charge in [-0.3, -0.25) is 0 Å². The summed E-state index contributed by atoms with van der Waals surface area (Å²) in [6, 6.07) is 11.1. The Kier molecular flexibility index (Phi) is 3.79. The molecule has 1 aromatic carbocycles. The second-order valence-electron chi connectivity index (χ2n) is 4.36. The van der Waals surface area contributed by atoms with Crippen LogP contribution in [-0.4, -0.2) is 0 Å². The third-order valence-electron chi connectivity index (χ3n) is 2.70. The zero-order valence-corrected chi connectivity index (χ0v) is 10.8. The van der Waals surface area contributed by atoms with E-state index in [0.29, 0.717) is 11.6 Å². The molecule has 2 aromatic rings. The van der Waals surface area contributed by atoms with Crippen LogP contribution in [0.5, 0.6) is 0 Å². The van der Waals surface area contributed by atoms with Crippen LogP contribution in [0, 0.1) is 11.7 Å². The maximum Gasteiger partial charge on any atom is 0.146 e. The predicted molar refractivity (Wildman–Crippen MR) is 71.9 cm³/mol. The van der Waals surface area contributed by atoms with E-state index in [1.54, 1.807) is 23.5 Å². The Morgan fingerprint density at radius 2 is 1.88 bits per heavy atom. The first-order chi connectivity index (χ1) is 8.18. The summed E-state index contributed by atoms with van der Waals surface area (Å²) in [5.41, 5.74) is 0.569. The zero-order valence-electron chi connectivity index (χ0n) is 9.98. The normalized spacial score (nSPS) is 12.7. The highest BCUT2D eigenvalue weighted by Crippen LogP contribution is 2.30. The lowest BCUT2D eigenvalue weighted by molar-refractivity contribution is 0.546. The minimum atomic E-state index is -0.199. The van der Waals surface area contributed by atoms with Gasteiger partial charge in [0.15, 0.2) is 0 Å². The smallest absolute Gasteiger partial charge is 0.146 e. The Morgan fingerprint density at radius 1 is 1.12 bits per heavy atom. The lowest BCUT2D eigenvalue weighted by Gasteiger charge is -2.22. The molecule has 0 fully saturated rings. The summed E-state index contributed by atoms with van der Waals surface area (Å²) < 4.78 is 13.6. The number of anilines is 1. The fourth-order valence-electron chi connectivity index (χ4n) is 1.78. The lowest BCUT2D eigenvalue weighted by Crippen LogP contribution is -2.16. The maximum absolute atomic E-state index is 13.6. The topological polar surface area (TPSA) is 12.0 Å². The minimum absolute atomic E-state index is 0.159. The van der Waals surface area contributed by atoms with Crippen LogP contribution < -0.4 is 5.32 Å². The quantitative estimate of drug-likeness (QED) is 0.828. The molecule has 3 heteroatoms. The molecule has 90 valence electrons. The van der Waals surface area contributed by atoms with E-state index < -0.39 is 0 Å². The molecule has 1 atom stereocenters. The number of benzene rings is 1. The van der Waals surface area contributed by atoms with Crippen LogP contribution in [0.3, 0.4) is 0 Å². The van der Waals surface area contributed by atoms with Crippen LogP contribution in [0.25, 0.3) is 0 Å². The van der Waals surface area contributed by atoms with E-state index in [2.05, 4.69) is 25.2 Å². The largest absolute Gasteiger partial charge is 0.375 e. The molecule has 1 aromatic heterocycles. The van der Waals surface area contributed by atoms with Crippen molar-refractivity contribution < 1.29 is 4.39 Å². The van der Waals surface area contributed by atoms with Gasteiger partial charge < -0.3 is 5.32 Å². The van der Waals surface area contributed by atoms with Gasteiger partial charge in [-0.05, 0) is 29.5 Å². The van der Waals surface area contributed by atoms with Crippen LogP contribution in [0.2, 0.25) is 0 Å². The Hall–Kier alpha value is -1.35. The van der Waals surface area contributed by atoms with E-state index in [1.165, 1.54) is 10.9 Å². The van der Waals surface area contributed by atoms with Crippen molar-refractivity contribution in [1.82, 2.24) is 0 Å². The molecular weight excluding hydrogens is 233 g/mol. The molecule has 0 amide bonds. The number of nitrogens with one attached hydrogen (secondary N) is 1. The number of hydrogen-bond donors (Lipinski definition) is 1. The molecule has 0 spiro atoms. The van der Waals surface area contributed by atoms with Gasteiger partial charge >= 0.3 is 0 Å². The van der Waals surface area contributed by atoms with Gasteiger partial charge in [0.2, 0.25) is 0 Å². The van der Waals surface area contributed by atoms with Crippen molar-refractivity contribution in [2.45, 2.75) is 19.9 Å². The molecule has 0 radical (unpaired) electrons. The second kappa shape index (κ2) is 5.32. The number of hydrogen-bond acceptors (Lipinski definition) is 2. The number of rotatable bonds is 4. The predicted octanol–water partition coefficient (Wildman–Crippen LogP) is 4.70. The van der Waals surface area contributed by atoms with Crippen molar-refractivity contribution in [1.29, 1.82) is 0 Å². The highest BCUT2D eigenvalue weighted by molar-refractivity contribution is 7.10. The van der Waals surface area contributed by atoms with Crippen LogP contribution in [-0.2, 0) is 0 Å². The number of halogens is 1. The number of thiophene rings is 1. The average Bonchev–Trinajstić information content (AvgIpc) is 2.81. The molecule has 17 heavy (non-hydrogen) atoms. The summed E-state index contributed by atoms with van der Waals surface area (Å²) in [5.74, 6) is 0.211. The zero-order chi connectivity index (χ0) is 12.3. The lowest BCUT2D eigenvalue weighted by atomic mass is 10.0. The molecule has 0 aliphatic carbocycles. The fourth-order valence-corrected chi connectivity index (χ4v) is 2.73. The Labute approximate surface area is 105 Å². The Morgan fingerprint density at radius 3 is 2.47 bits per heavy atom. The van der Waals surface area contributed by atoms with Gasteiger partial charge in [-0.1, -0.05) is 32.0 Å². The first-order valence-corrected chi connectivity index (χ1v) is 6.61. The van der Waals surface area contributed by atoms with Gasteiger partial charge in [-0.15, -0.1) is 11.3 Å². The fraction of sp³-hybridized carbons (Fsp3) is 0.286. The van der Waals surface area contributed by atoms with Gasteiger partial charge in [0, 0.05) is 4.88 Å². The molecule has 1 unspecified atom stereocenters. The van der Waals surface area contributed by atoms with Crippen molar-refractivity contribution >= 4 is 17.0 Å². The monoisotopic (exact) mass is 249 g/mol. The third-order valence-corrected chi connectivity index (χ3v) is 3.66. The van der Waals surface area contributed by atoms with Crippen molar-refractivity contribution in [2.75, 3.05) is 5.32 Å². The SMILES string of the molecule is CC(C)C(Nc1ccccc1F)c1cccs1. The van der Waals surface area contributed by atoms with Crippen molar-refractivity contribution in [2.24, 2.45) is 5.92 Å². The summed E-state index contributed by atoms with van der Waals surface area (Å²) in [6.45, 7) is 4.27. The van der Waals surface area contributed by atoms with Gasteiger partial charge in [0.1, 0.15) is 5.82 Å². The molecule has 0 aliphatic heterocycles. The van der Waals surface area contributed by atoms with E-state index in [0.717, 1.165) is 0 Å². The van der Waals surface area contributed by atoms with Gasteiger partial charge in [-0.2, -0.15) is 0 Å². The average molecular weight is 249 g/mol. The molecule has 0 aliphatic rings. The Balaban J connectivity index is 2.23. The highest BCUT2D eigenvalue weighted by Gasteiger charge is 2.17. The van der Waals surface area contributed by atoms with E-state index in [1.807, 2.05) is 17.5 Å². The molecule has 0 saturated heterocycles. The van der Waals surface area contributed by atoms with Gasteiger partial charge in [-0.25, -0.2) is 4.39 Å².